The third-order valence-corrected chi connectivity index (χ3v) is 5.85. The van der Waals surface area contributed by atoms with Crippen molar-refractivity contribution in [3.05, 3.63) is 89.4 Å². The molecule has 0 bridgehead atoms. The molecule has 1 N–H and O–H groups in total. The largest absolute Gasteiger partial charge is 0.468 e. The molecule has 7 heteroatoms. The van der Waals surface area contributed by atoms with Crippen molar-refractivity contribution in [1.82, 2.24) is 4.72 Å². The van der Waals surface area contributed by atoms with Crippen LogP contribution in [0, 0.1) is 0 Å². The Hall–Kier alpha value is -2.90. The molecule has 0 radical (unpaired) electrons. The summed E-state index contributed by atoms with van der Waals surface area (Å²) in [5.74, 6) is 0.440. The molecule has 152 valence electrons. The summed E-state index contributed by atoms with van der Waals surface area (Å²) in [6.07, 6.45) is 1.47. The van der Waals surface area contributed by atoms with Gasteiger partial charge in [-0.15, -0.1) is 0 Å². The van der Waals surface area contributed by atoms with Crippen molar-refractivity contribution in [3.63, 3.8) is 0 Å². The van der Waals surface area contributed by atoms with E-state index < -0.39 is 16.0 Å². The first kappa shape index (κ1) is 20.8. The van der Waals surface area contributed by atoms with Gasteiger partial charge in [-0.3, -0.25) is 0 Å². The minimum Gasteiger partial charge on any atom is -0.468 e. The topological polar surface area (TPSA) is 85.6 Å². The minimum atomic E-state index is -3.71. The van der Waals surface area contributed by atoms with Gasteiger partial charge in [-0.2, -0.15) is 0 Å². The average Bonchev–Trinajstić information content (AvgIpc) is 3.25. The summed E-state index contributed by atoms with van der Waals surface area (Å²) in [5, 5.41) is 0. The molecular formula is C22H23NO5S. The van der Waals surface area contributed by atoms with Gasteiger partial charge in [-0.1, -0.05) is 38.1 Å². The number of ether oxygens (including phenoxy) is 1. The third-order valence-electron chi connectivity index (χ3n) is 4.43. The lowest BCUT2D eigenvalue weighted by Gasteiger charge is -2.09. The summed E-state index contributed by atoms with van der Waals surface area (Å²) in [6, 6.07) is 16.9. The number of rotatable bonds is 8. The maximum atomic E-state index is 12.3. The van der Waals surface area contributed by atoms with Crippen molar-refractivity contribution in [3.8, 4) is 0 Å². The second kappa shape index (κ2) is 9.07. The number of hydrogen-bond acceptors (Lipinski definition) is 5. The van der Waals surface area contributed by atoms with Gasteiger partial charge in [-0.05, 0) is 53.4 Å². The fourth-order valence-corrected chi connectivity index (χ4v) is 3.66. The van der Waals surface area contributed by atoms with Crippen molar-refractivity contribution < 1.29 is 22.4 Å². The molecule has 0 amide bonds. The van der Waals surface area contributed by atoms with Crippen LogP contribution in [0.25, 0.3) is 0 Å². The molecule has 29 heavy (non-hydrogen) atoms. The van der Waals surface area contributed by atoms with Crippen molar-refractivity contribution in [2.75, 3.05) is 0 Å². The van der Waals surface area contributed by atoms with Crippen molar-refractivity contribution in [2.45, 2.75) is 37.8 Å². The van der Waals surface area contributed by atoms with Crippen LogP contribution in [0.1, 0.15) is 47.0 Å². The zero-order chi connectivity index (χ0) is 20.9. The van der Waals surface area contributed by atoms with Crippen LogP contribution in [-0.2, 0) is 27.9 Å². The van der Waals surface area contributed by atoms with Crippen LogP contribution >= 0.6 is 0 Å². The Labute approximate surface area is 170 Å². The molecule has 0 atom stereocenters. The van der Waals surface area contributed by atoms with E-state index >= 15 is 0 Å². The maximum Gasteiger partial charge on any atom is 0.338 e. The molecule has 0 unspecified atom stereocenters. The van der Waals surface area contributed by atoms with Crippen LogP contribution in [0.5, 0.6) is 0 Å². The second-order valence-electron chi connectivity index (χ2n) is 6.90. The first-order chi connectivity index (χ1) is 13.8. The number of hydrogen-bond donors (Lipinski definition) is 1. The van der Waals surface area contributed by atoms with Gasteiger partial charge >= 0.3 is 5.97 Å². The zero-order valence-corrected chi connectivity index (χ0v) is 17.1. The molecule has 2 aromatic carbocycles. The number of benzene rings is 2. The van der Waals surface area contributed by atoms with Crippen LogP contribution < -0.4 is 4.72 Å². The van der Waals surface area contributed by atoms with Crippen LogP contribution in [0.4, 0.5) is 0 Å². The van der Waals surface area contributed by atoms with Gasteiger partial charge in [-0.25, -0.2) is 17.9 Å². The Balaban J connectivity index is 1.57. The highest BCUT2D eigenvalue weighted by molar-refractivity contribution is 7.89. The van der Waals surface area contributed by atoms with Gasteiger partial charge in [0.25, 0.3) is 0 Å². The van der Waals surface area contributed by atoms with Crippen molar-refractivity contribution in [1.29, 1.82) is 0 Å². The van der Waals surface area contributed by atoms with E-state index in [0.717, 1.165) is 5.56 Å². The zero-order valence-electron chi connectivity index (χ0n) is 16.3. The van der Waals surface area contributed by atoms with Gasteiger partial charge in [0.15, 0.2) is 0 Å². The number of carbonyl (C=O) groups is 1. The van der Waals surface area contributed by atoms with Gasteiger partial charge in [0.2, 0.25) is 10.0 Å². The van der Waals surface area contributed by atoms with E-state index in [9.17, 15) is 13.2 Å². The predicted molar refractivity (Wildman–Crippen MR) is 109 cm³/mol. The van der Waals surface area contributed by atoms with E-state index in [4.69, 9.17) is 9.15 Å². The monoisotopic (exact) mass is 413 g/mol. The number of furan rings is 1. The Kier molecular flexibility index (Phi) is 6.51. The van der Waals surface area contributed by atoms with E-state index in [1.807, 2.05) is 24.3 Å². The third kappa shape index (κ3) is 5.56. The molecule has 0 saturated heterocycles. The minimum absolute atomic E-state index is 0.0503. The molecule has 1 aromatic heterocycles. The second-order valence-corrected chi connectivity index (χ2v) is 8.67. The molecule has 1 heterocycles. The molecule has 0 aliphatic rings. The number of esters is 1. The van der Waals surface area contributed by atoms with Crippen LogP contribution in [0.3, 0.4) is 0 Å². The first-order valence-electron chi connectivity index (χ1n) is 9.23. The van der Waals surface area contributed by atoms with E-state index in [0.29, 0.717) is 11.7 Å². The molecule has 0 aliphatic heterocycles. The summed E-state index contributed by atoms with van der Waals surface area (Å²) in [7, 11) is -3.71. The fourth-order valence-electron chi connectivity index (χ4n) is 2.66. The van der Waals surface area contributed by atoms with Crippen LogP contribution in [0.2, 0.25) is 0 Å². The summed E-state index contributed by atoms with van der Waals surface area (Å²) < 4.78 is 37.5. The highest BCUT2D eigenvalue weighted by atomic mass is 32.2. The Morgan fingerprint density at radius 2 is 1.72 bits per heavy atom. The van der Waals surface area contributed by atoms with Crippen LogP contribution in [0.15, 0.2) is 76.2 Å². The Morgan fingerprint density at radius 1 is 1.03 bits per heavy atom. The molecule has 6 nitrogen and oxygen atoms in total. The lowest BCUT2D eigenvalue weighted by molar-refractivity contribution is 0.0472. The smallest absolute Gasteiger partial charge is 0.338 e. The lowest BCUT2D eigenvalue weighted by atomic mass is 10.0. The fraction of sp³-hybridized carbons (Fsp3) is 0.227. The SMILES string of the molecule is CC(C)c1ccc(COC(=O)c2ccc(S(=O)(=O)NCc3ccco3)cc2)cc1. The predicted octanol–water partition coefficient (Wildman–Crippen LogP) is 4.24. The van der Waals surface area contributed by atoms with Gasteiger partial charge < -0.3 is 9.15 Å². The van der Waals surface area contributed by atoms with E-state index in [1.165, 1.54) is 36.1 Å². The summed E-state index contributed by atoms with van der Waals surface area (Å²) in [6.45, 7) is 4.44. The average molecular weight is 413 g/mol. The van der Waals surface area contributed by atoms with E-state index in [2.05, 4.69) is 18.6 Å². The lowest BCUT2D eigenvalue weighted by Crippen LogP contribution is -2.23. The summed E-state index contributed by atoms with van der Waals surface area (Å²) in [4.78, 5) is 12.3. The highest BCUT2D eigenvalue weighted by Gasteiger charge is 2.16. The maximum absolute atomic E-state index is 12.3. The molecule has 0 spiro atoms. The van der Waals surface area contributed by atoms with E-state index in [-0.39, 0.29) is 23.6 Å². The number of carbonyl (C=O) groups excluding carboxylic acids is 1. The van der Waals surface area contributed by atoms with Gasteiger partial charge in [0, 0.05) is 0 Å². The van der Waals surface area contributed by atoms with Gasteiger partial charge in [0.1, 0.15) is 12.4 Å². The molecule has 0 saturated carbocycles. The molecular weight excluding hydrogens is 390 g/mol. The molecule has 3 aromatic rings. The van der Waals surface area contributed by atoms with Gasteiger partial charge in [0.05, 0.1) is 23.3 Å². The van der Waals surface area contributed by atoms with Crippen molar-refractivity contribution in [2.24, 2.45) is 0 Å². The summed E-state index contributed by atoms with van der Waals surface area (Å²) >= 11 is 0. The summed E-state index contributed by atoms with van der Waals surface area (Å²) in [5.41, 5.74) is 2.40. The highest BCUT2D eigenvalue weighted by Crippen LogP contribution is 2.16. The standard InChI is InChI=1S/C22H23NO5S/c1-16(2)18-7-5-17(6-8-18)15-28-22(24)19-9-11-21(12-10-19)29(25,26)23-14-20-4-3-13-27-20/h3-13,16,23H,14-15H2,1-2H3. The normalized spacial score (nSPS) is 11.6. The van der Waals surface area contributed by atoms with E-state index in [1.54, 1.807) is 12.1 Å². The Morgan fingerprint density at radius 3 is 2.31 bits per heavy atom. The Bertz CT molecular complexity index is 1040. The molecule has 0 aliphatic carbocycles. The first-order valence-corrected chi connectivity index (χ1v) is 10.7. The quantitative estimate of drug-likeness (QED) is 0.558. The number of nitrogens with one attached hydrogen (secondary N) is 1. The van der Waals surface area contributed by atoms with Crippen LogP contribution in [-0.4, -0.2) is 14.4 Å². The molecule has 3 rings (SSSR count). The molecule has 0 fully saturated rings. The van der Waals surface area contributed by atoms with Crippen molar-refractivity contribution >= 4 is 16.0 Å². The number of sulfonamides is 1.